The van der Waals surface area contributed by atoms with Crippen molar-refractivity contribution < 1.29 is 22.7 Å². The summed E-state index contributed by atoms with van der Waals surface area (Å²) in [5, 5.41) is 9.01. The third kappa shape index (κ3) is 3.68. The molecule has 0 atom stereocenters. The van der Waals surface area contributed by atoms with Crippen LogP contribution in [0, 0.1) is 5.92 Å². The Kier molecular flexibility index (Phi) is 5.25. The van der Waals surface area contributed by atoms with Gasteiger partial charge in [0.1, 0.15) is 5.76 Å². The van der Waals surface area contributed by atoms with Crippen LogP contribution in [0.25, 0.3) is 0 Å². The summed E-state index contributed by atoms with van der Waals surface area (Å²) in [5.41, 5.74) is 0. The van der Waals surface area contributed by atoms with Crippen LogP contribution < -0.4 is 0 Å². The summed E-state index contributed by atoms with van der Waals surface area (Å²) >= 11 is 0. The molecule has 124 valence electrons. The minimum Gasteiger partial charge on any atom is -0.481 e. The molecule has 1 fully saturated rings. The first-order chi connectivity index (χ1) is 10.3. The molecule has 2 heterocycles. The number of hydrogen-bond donors (Lipinski definition) is 1. The molecule has 2 rings (SSSR count). The first-order valence-corrected chi connectivity index (χ1v) is 8.74. The van der Waals surface area contributed by atoms with Crippen LogP contribution in [0.1, 0.15) is 32.4 Å². The van der Waals surface area contributed by atoms with E-state index >= 15 is 0 Å². The largest absolute Gasteiger partial charge is 0.481 e. The lowest BCUT2D eigenvalue weighted by Crippen LogP contribution is -2.49. The van der Waals surface area contributed by atoms with E-state index in [0.29, 0.717) is 18.6 Å². The van der Waals surface area contributed by atoms with Crippen LogP contribution in [0.3, 0.4) is 0 Å². The Morgan fingerprint density at radius 3 is 2.55 bits per heavy atom. The molecule has 1 N–H and O–H groups in total. The fourth-order valence-electron chi connectivity index (χ4n) is 2.57. The van der Waals surface area contributed by atoms with Crippen LogP contribution in [0.2, 0.25) is 0 Å². The molecule has 0 unspecified atom stereocenters. The minimum atomic E-state index is -3.63. The summed E-state index contributed by atoms with van der Waals surface area (Å²) in [4.78, 5) is 11.0. The van der Waals surface area contributed by atoms with Crippen LogP contribution in [0.5, 0.6) is 0 Å². The summed E-state index contributed by atoms with van der Waals surface area (Å²) in [6.07, 6.45) is 2.21. The van der Waals surface area contributed by atoms with Crippen molar-refractivity contribution in [3.63, 3.8) is 0 Å². The minimum absolute atomic E-state index is 0.172. The Balaban J connectivity index is 2.11. The van der Waals surface area contributed by atoms with Gasteiger partial charge in [-0.15, -0.1) is 0 Å². The molecule has 1 aromatic rings. The topological polar surface area (TPSA) is 91.1 Å². The van der Waals surface area contributed by atoms with Gasteiger partial charge in [0.05, 0.1) is 18.7 Å². The summed E-state index contributed by atoms with van der Waals surface area (Å²) < 4.78 is 33.6. The standard InChI is InChI=1S/C14H22N2O5S/c1-11(2)16(10-13-4-3-9-21-13)22(19,20)15-7-5-12(6-8-15)14(17)18/h3-4,9,11-12H,5-8,10H2,1-2H3,(H,17,18). The SMILES string of the molecule is CC(C)N(Cc1ccco1)S(=O)(=O)N1CCC(C(=O)O)CC1. The van der Waals surface area contributed by atoms with E-state index in [1.807, 2.05) is 13.8 Å². The molecule has 0 aromatic carbocycles. The van der Waals surface area contributed by atoms with Gasteiger partial charge in [-0.2, -0.15) is 17.0 Å². The molecule has 1 aliphatic heterocycles. The molecule has 0 radical (unpaired) electrons. The number of carboxylic acid groups (broad SMARTS) is 1. The predicted octanol–water partition coefficient (Wildman–Crippen LogP) is 1.53. The van der Waals surface area contributed by atoms with Gasteiger partial charge in [0.2, 0.25) is 0 Å². The Morgan fingerprint density at radius 2 is 2.09 bits per heavy atom. The highest BCUT2D eigenvalue weighted by atomic mass is 32.2. The van der Waals surface area contributed by atoms with Crippen molar-refractivity contribution >= 4 is 16.2 Å². The molecule has 0 spiro atoms. The molecule has 8 heteroatoms. The van der Waals surface area contributed by atoms with Crippen molar-refractivity contribution in [3.8, 4) is 0 Å². The quantitative estimate of drug-likeness (QED) is 0.854. The third-order valence-electron chi connectivity index (χ3n) is 3.89. The zero-order valence-electron chi connectivity index (χ0n) is 12.8. The molecule has 7 nitrogen and oxygen atoms in total. The fraction of sp³-hybridized carbons (Fsp3) is 0.643. The van der Waals surface area contributed by atoms with Crippen molar-refractivity contribution in [1.29, 1.82) is 0 Å². The van der Waals surface area contributed by atoms with E-state index in [2.05, 4.69) is 0 Å². The van der Waals surface area contributed by atoms with Crippen molar-refractivity contribution in [1.82, 2.24) is 8.61 Å². The summed E-state index contributed by atoms with van der Waals surface area (Å²) in [7, 11) is -3.63. The maximum absolute atomic E-state index is 12.8. The first kappa shape index (κ1) is 17.0. The van der Waals surface area contributed by atoms with Crippen molar-refractivity contribution in [2.24, 2.45) is 5.92 Å². The van der Waals surface area contributed by atoms with Crippen molar-refractivity contribution in [2.45, 2.75) is 39.3 Å². The number of piperidine rings is 1. The van der Waals surface area contributed by atoms with Gasteiger partial charge in [-0.3, -0.25) is 4.79 Å². The molecule has 0 aliphatic carbocycles. The zero-order chi connectivity index (χ0) is 16.3. The monoisotopic (exact) mass is 330 g/mol. The third-order valence-corrected chi connectivity index (χ3v) is 6.05. The average Bonchev–Trinajstić information content (AvgIpc) is 2.97. The Hall–Kier alpha value is -1.38. The Bertz CT molecular complexity index is 589. The lowest BCUT2D eigenvalue weighted by atomic mass is 9.99. The number of nitrogens with zero attached hydrogens (tertiary/aromatic N) is 2. The number of rotatable bonds is 6. The molecular formula is C14H22N2O5S. The van der Waals surface area contributed by atoms with E-state index in [4.69, 9.17) is 9.52 Å². The van der Waals surface area contributed by atoms with E-state index in [1.165, 1.54) is 14.9 Å². The van der Waals surface area contributed by atoms with Gasteiger partial charge in [0.15, 0.2) is 0 Å². The van der Waals surface area contributed by atoms with Gasteiger partial charge in [-0.25, -0.2) is 0 Å². The van der Waals surface area contributed by atoms with E-state index in [0.717, 1.165) is 0 Å². The van der Waals surface area contributed by atoms with E-state index in [1.54, 1.807) is 12.1 Å². The molecule has 22 heavy (non-hydrogen) atoms. The first-order valence-electron chi connectivity index (χ1n) is 7.34. The summed E-state index contributed by atoms with van der Waals surface area (Å²) in [6.45, 7) is 4.27. The van der Waals surface area contributed by atoms with Crippen LogP contribution >= 0.6 is 0 Å². The smallest absolute Gasteiger partial charge is 0.306 e. The molecule has 1 aliphatic rings. The van der Waals surface area contributed by atoms with E-state index in [-0.39, 0.29) is 25.7 Å². The second kappa shape index (κ2) is 6.80. The van der Waals surface area contributed by atoms with E-state index in [9.17, 15) is 13.2 Å². The highest BCUT2D eigenvalue weighted by Crippen LogP contribution is 2.24. The Morgan fingerprint density at radius 1 is 1.45 bits per heavy atom. The Labute approximate surface area is 130 Å². The molecular weight excluding hydrogens is 308 g/mol. The van der Waals surface area contributed by atoms with Gasteiger partial charge in [0, 0.05) is 19.1 Å². The average molecular weight is 330 g/mol. The van der Waals surface area contributed by atoms with Gasteiger partial charge >= 0.3 is 5.97 Å². The molecule has 0 saturated carbocycles. The molecule has 1 saturated heterocycles. The number of aliphatic carboxylic acids is 1. The van der Waals surface area contributed by atoms with Crippen molar-refractivity contribution in [2.75, 3.05) is 13.1 Å². The summed E-state index contributed by atoms with van der Waals surface area (Å²) in [5.74, 6) is -0.727. The summed E-state index contributed by atoms with van der Waals surface area (Å²) in [6, 6.07) is 3.24. The molecule has 0 amide bonds. The lowest BCUT2D eigenvalue weighted by molar-refractivity contribution is -0.142. The number of carboxylic acids is 1. The van der Waals surface area contributed by atoms with Gasteiger partial charge in [-0.1, -0.05) is 0 Å². The molecule has 0 bridgehead atoms. The molecule has 1 aromatic heterocycles. The van der Waals surface area contributed by atoms with Gasteiger partial charge < -0.3 is 9.52 Å². The second-order valence-electron chi connectivity index (χ2n) is 5.74. The zero-order valence-corrected chi connectivity index (χ0v) is 13.6. The number of furan rings is 1. The second-order valence-corrected chi connectivity index (χ2v) is 7.62. The van der Waals surface area contributed by atoms with E-state index < -0.39 is 22.1 Å². The van der Waals surface area contributed by atoms with Crippen LogP contribution in [-0.4, -0.2) is 47.2 Å². The van der Waals surface area contributed by atoms with Gasteiger partial charge in [-0.05, 0) is 38.8 Å². The number of hydrogen-bond acceptors (Lipinski definition) is 4. The van der Waals surface area contributed by atoms with Crippen LogP contribution in [0.15, 0.2) is 22.8 Å². The predicted molar refractivity (Wildman–Crippen MR) is 80.2 cm³/mol. The highest BCUT2D eigenvalue weighted by molar-refractivity contribution is 7.86. The fourth-order valence-corrected chi connectivity index (χ4v) is 4.36. The van der Waals surface area contributed by atoms with Crippen molar-refractivity contribution in [3.05, 3.63) is 24.2 Å². The van der Waals surface area contributed by atoms with Gasteiger partial charge in [0.25, 0.3) is 10.2 Å². The normalized spacial score (nSPS) is 18.2. The van der Waals surface area contributed by atoms with Crippen LogP contribution in [0.4, 0.5) is 0 Å². The highest BCUT2D eigenvalue weighted by Gasteiger charge is 2.36. The maximum atomic E-state index is 12.8. The maximum Gasteiger partial charge on any atom is 0.306 e. The van der Waals surface area contributed by atoms with Crippen LogP contribution in [-0.2, 0) is 21.5 Å². The number of carbonyl (C=O) groups is 1. The lowest BCUT2D eigenvalue weighted by Gasteiger charge is -2.35.